The predicted molar refractivity (Wildman–Crippen MR) is 131 cm³/mol. The molecule has 2 aliphatic rings. The molecule has 5 heteroatoms. The summed E-state index contributed by atoms with van der Waals surface area (Å²) in [5.74, 6) is 0.781. The number of aryl methyl sites for hydroxylation is 1. The molecule has 0 aromatic heterocycles. The van der Waals surface area contributed by atoms with Gasteiger partial charge in [0, 0.05) is 24.1 Å². The third-order valence-corrected chi connectivity index (χ3v) is 7.90. The molecule has 0 spiro atoms. The van der Waals surface area contributed by atoms with E-state index in [1.165, 1.54) is 39.4 Å². The monoisotopic (exact) mass is 499 g/mol. The number of halogens is 2. The molecular weight excluding hydrogens is 469 g/mol. The third-order valence-electron chi connectivity index (χ3n) is 6.72. The summed E-state index contributed by atoms with van der Waals surface area (Å²) in [6.07, 6.45) is 3.67. The number of methoxy groups -OCH3 is 1. The SMILES string of the molecule is COC(=O)c1ccc2c(c1)CCC(C)C(Br)=C2c1ccc(CC2CN(CCCF)C2)cc1. The van der Waals surface area contributed by atoms with Gasteiger partial charge >= 0.3 is 5.97 Å². The number of alkyl halides is 1. The first kappa shape index (κ1) is 23.2. The number of rotatable bonds is 7. The normalized spacial score (nSPS) is 19.3. The number of allylic oxidation sites excluding steroid dienone is 1. The fourth-order valence-electron chi connectivity index (χ4n) is 4.87. The quantitative estimate of drug-likeness (QED) is 0.434. The van der Waals surface area contributed by atoms with E-state index >= 15 is 0 Å². The van der Waals surface area contributed by atoms with Crippen molar-refractivity contribution in [3.63, 3.8) is 0 Å². The van der Waals surface area contributed by atoms with Crippen molar-refractivity contribution >= 4 is 27.5 Å². The number of likely N-dealkylation sites (tertiary alicyclic amines) is 1. The molecule has 4 rings (SSSR count). The van der Waals surface area contributed by atoms with Crippen molar-refractivity contribution < 1.29 is 13.9 Å². The Morgan fingerprint density at radius 3 is 2.62 bits per heavy atom. The van der Waals surface area contributed by atoms with Gasteiger partial charge in [0.1, 0.15) is 0 Å². The lowest BCUT2D eigenvalue weighted by atomic mass is 9.89. The fraction of sp³-hybridized carbons (Fsp3) is 0.444. The summed E-state index contributed by atoms with van der Waals surface area (Å²) >= 11 is 3.90. The zero-order valence-electron chi connectivity index (χ0n) is 18.9. The van der Waals surface area contributed by atoms with Gasteiger partial charge in [-0.05, 0) is 77.5 Å². The Morgan fingerprint density at radius 2 is 1.94 bits per heavy atom. The summed E-state index contributed by atoms with van der Waals surface area (Å²) in [7, 11) is 1.42. The van der Waals surface area contributed by atoms with Crippen LogP contribution < -0.4 is 0 Å². The van der Waals surface area contributed by atoms with Crippen molar-refractivity contribution in [3.8, 4) is 0 Å². The minimum absolute atomic E-state index is 0.222. The number of carbonyl (C=O) groups excluding carboxylic acids is 1. The van der Waals surface area contributed by atoms with Gasteiger partial charge in [-0.25, -0.2) is 4.79 Å². The Kier molecular flexibility index (Phi) is 7.47. The van der Waals surface area contributed by atoms with E-state index in [-0.39, 0.29) is 12.6 Å². The van der Waals surface area contributed by atoms with Crippen LogP contribution in [-0.4, -0.2) is 44.3 Å². The molecular formula is C27H31BrFNO2. The van der Waals surface area contributed by atoms with Gasteiger partial charge in [-0.2, -0.15) is 0 Å². The second-order valence-electron chi connectivity index (χ2n) is 9.10. The summed E-state index contributed by atoms with van der Waals surface area (Å²) in [6, 6.07) is 14.8. The van der Waals surface area contributed by atoms with Crippen LogP contribution in [0.3, 0.4) is 0 Å². The van der Waals surface area contributed by atoms with E-state index in [2.05, 4.69) is 58.1 Å². The number of nitrogens with zero attached hydrogens (tertiary/aromatic N) is 1. The highest BCUT2D eigenvalue weighted by Crippen LogP contribution is 2.40. The lowest BCUT2D eigenvalue weighted by molar-refractivity contribution is 0.0600. The van der Waals surface area contributed by atoms with Crippen molar-refractivity contribution in [1.29, 1.82) is 0 Å². The van der Waals surface area contributed by atoms with Crippen molar-refractivity contribution in [3.05, 3.63) is 74.8 Å². The summed E-state index contributed by atoms with van der Waals surface area (Å²) in [5, 5.41) is 0. The van der Waals surface area contributed by atoms with Crippen LogP contribution in [0.5, 0.6) is 0 Å². The molecule has 1 aliphatic carbocycles. The smallest absolute Gasteiger partial charge is 0.337 e. The maximum absolute atomic E-state index is 12.3. The van der Waals surface area contributed by atoms with E-state index in [1.807, 2.05) is 12.1 Å². The van der Waals surface area contributed by atoms with Gasteiger partial charge in [-0.3, -0.25) is 4.39 Å². The molecule has 3 nitrogen and oxygen atoms in total. The van der Waals surface area contributed by atoms with Gasteiger partial charge in [0.05, 0.1) is 19.3 Å². The average molecular weight is 500 g/mol. The molecule has 1 heterocycles. The molecule has 170 valence electrons. The molecule has 0 bridgehead atoms. The number of hydrogen-bond acceptors (Lipinski definition) is 3. The van der Waals surface area contributed by atoms with Crippen molar-refractivity contribution in [2.75, 3.05) is 33.4 Å². The maximum Gasteiger partial charge on any atom is 0.337 e. The highest BCUT2D eigenvalue weighted by atomic mass is 79.9. The minimum Gasteiger partial charge on any atom is -0.465 e. The van der Waals surface area contributed by atoms with E-state index in [4.69, 9.17) is 4.74 Å². The third kappa shape index (κ3) is 4.99. The van der Waals surface area contributed by atoms with Gasteiger partial charge in [0.25, 0.3) is 0 Å². The van der Waals surface area contributed by atoms with Gasteiger partial charge in [-0.15, -0.1) is 0 Å². The minimum atomic E-state index is -0.293. The highest BCUT2D eigenvalue weighted by Gasteiger charge is 2.26. The van der Waals surface area contributed by atoms with Crippen molar-refractivity contribution in [2.24, 2.45) is 11.8 Å². The molecule has 2 aromatic carbocycles. The number of esters is 1. The fourth-order valence-corrected chi connectivity index (χ4v) is 5.54. The first-order valence-corrected chi connectivity index (χ1v) is 12.3. The van der Waals surface area contributed by atoms with Crippen LogP contribution in [0.4, 0.5) is 4.39 Å². The largest absolute Gasteiger partial charge is 0.465 e. The molecule has 0 saturated carbocycles. The van der Waals surface area contributed by atoms with Crippen LogP contribution in [0.25, 0.3) is 5.57 Å². The molecule has 0 N–H and O–H groups in total. The number of hydrogen-bond donors (Lipinski definition) is 0. The van der Waals surface area contributed by atoms with Crippen LogP contribution >= 0.6 is 15.9 Å². The van der Waals surface area contributed by atoms with E-state index in [1.54, 1.807) is 0 Å². The van der Waals surface area contributed by atoms with Gasteiger partial charge < -0.3 is 9.64 Å². The van der Waals surface area contributed by atoms with Crippen molar-refractivity contribution in [2.45, 2.75) is 32.6 Å². The molecule has 1 unspecified atom stereocenters. The van der Waals surface area contributed by atoms with Crippen LogP contribution in [0.15, 0.2) is 46.9 Å². The number of carbonyl (C=O) groups is 1. The molecule has 0 radical (unpaired) electrons. The molecule has 32 heavy (non-hydrogen) atoms. The molecule has 2 aromatic rings. The average Bonchev–Trinajstić information content (AvgIpc) is 2.91. The number of benzene rings is 2. The Bertz CT molecular complexity index is 995. The van der Waals surface area contributed by atoms with E-state index < -0.39 is 0 Å². The van der Waals surface area contributed by atoms with E-state index in [9.17, 15) is 9.18 Å². The maximum atomic E-state index is 12.3. The number of ether oxygens (including phenoxy) is 1. The first-order valence-electron chi connectivity index (χ1n) is 11.5. The van der Waals surface area contributed by atoms with Crippen LogP contribution in [0, 0.1) is 11.8 Å². The predicted octanol–water partition coefficient (Wildman–Crippen LogP) is 6.04. The summed E-state index contributed by atoms with van der Waals surface area (Å²) < 4.78 is 18.5. The zero-order valence-corrected chi connectivity index (χ0v) is 20.5. The number of fused-ring (bicyclic) bond motifs is 1. The Balaban J connectivity index is 1.54. The van der Waals surface area contributed by atoms with Crippen molar-refractivity contribution in [1.82, 2.24) is 4.90 Å². The van der Waals surface area contributed by atoms with Crippen LogP contribution in [-0.2, 0) is 17.6 Å². The second kappa shape index (κ2) is 10.3. The molecule has 1 atom stereocenters. The first-order chi connectivity index (χ1) is 15.5. The highest BCUT2D eigenvalue weighted by molar-refractivity contribution is 9.11. The Hall–Kier alpha value is -1.98. The lowest BCUT2D eigenvalue weighted by Gasteiger charge is -2.39. The molecule has 1 fully saturated rings. The van der Waals surface area contributed by atoms with Gasteiger partial charge in [0.2, 0.25) is 0 Å². The van der Waals surface area contributed by atoms with E-state index in [0.717, 1.165) is 38.9 Å². The summed E-state index contributed by atoms with van der Waals surface area (Å²) in [6.45, 7) is 5.05. The second-order valence-corrected chi connectivity index (χ2v) is 9.95. The Labute approximate surface area is 198 Å². The molecule has 1 saturated heterocycles. The standard InChI is InChI=1S/C27H31BrFNO2/c1-18-4-7-22-15-23(27(31)32-2)10-11-24(22)25(26(18)28)21-8-5-19(6-9-21)14-20-16-30(17-20)13-3-12-29/h5-6,8-11,15,18,20H,3-4,7,12-14,16-17H2,1-2H3. The Morgan fingerprint density at radius 1 is 1.19 bits per heavy atom. The topological polar surface area (TPSA) is 29.5 Å². The lowest BCUT2D eigenvalue weighted by Crippen LogP contribution is -2.47. The van der Waals surface area contributed by atoms with Crippen LogP contribution in [0.2, 0.25) is 0 Å². The van der Waals surface area contributed by atoms with Crippen LogP contribution in [0.1, 0.15) is 52.4 Å². The summed E-state index contributed by atoms with van der Waals surface area (Å²) in [5.41, 5.74) is 6.74. The molecule has 0 amide bonds. The van der Waals surface area contributed by atoms with Gasteiger partial charge in [-0.1, -0.05) is 53.2 Å². The molecule has 1 aliphatic heterocycles. The van der Waals surface area contributed by atoms with E-state index in [0.29, 0.717) is 23.8 Å². The van der Waals surface area contributed by atoms with Gasteiger partial charge in [0.15, 0.2) is 0 Å². The zero-order chi connectivity index (χ0) is 22.7. The summed E-state index contributed by atoms with van der Waals surface area (Å²) in [4.78, 5) is 14.4.